The van der Waals surface area contributed by atoms with E-state index >= 15 is 0 Å². The van der Waals surface area contributed by atoms with E-state index in [4.69, 9.17) is 5.11 Å². The molecule has 0 spiro atoms. The maximum Gasteiger partial charge on any atom is 0.115 e. The van der Waals surface area contributed by atoms with Crippen LogP contribution >= 0.6 is 0 Å². The number of carboxylic acids is 1. The molecule has 66 valence electrons. The molecule has 4 nitrogen and oxygen atoms in total. The molecule has 0 aliphatic carbocycles. The lowest BCUT2D eigenvalue weighted by molar-refractivity contribution is -0.304. The van der Waals surface area contributed by atoms with E-state index in [0.29, 0.717) is 5.56 Å². The van der Waals surface area contributed by atoms with Crippen molar-refractivity contribution in [3.8, 4) is 5.75 Å². The van der Waals surface area contributed by atoms with Crippen molar-refractivity contribution >= 4 is 5.97 Å². The highest BCUT2D eigenvalue weighted by atomic mass is 16.4. The fourth-order valence-corrected chi connectivity index (χ4v) is 0.780. The van der Waals surface area contributed by atoms with E-state index in [1.54, 1.807) is 12.1 Å². The van der Waals surface area contributed by atoms with Crippen LogP contribution in [0.25, 0.3) is 0 Å². The Morgan fingerprint density at radius 3 is 2.25 bits per heavy atom. The quantitative estimate of drug-likeness (QED) is 0.655. The number of phenolic OH excluding ortho intramolecular Hbond substituents is 1. The van der Waals surface area contributed by atoms with Gasteiger partial charge in [0.25, 0.3) is 0 Å². The predicted molar refractivity (Wildman–Crippen MR) is 42.8 cm³/mol. The van der Waals surface area contributed by atoms with Crippen LogP contribution in [0.3, 0.4) is 0 Å². The Labute approximate surface area is 70.0 Å². The SMILES string of the molecule is O=C([O-])Cc1ccc(O)cc1.[NH4+]. The Hall–Kier alpha value is -1.55. The van der Waals surface area contributed by atoms with E-state index in [1.807, 2.05) is 0 Å². The molecular weight excluding hydrogens is 158 g/mol. The van der Waals surface area contributed by atoms with E-state index < -0.39 is 5.97 Å². The molecule has 4 heteroatoms. The third-order valence-electron chi connectivity index (χ3n) is 1.28. The normalized spacial score (nSPS) is 8.67. The van der Waals surface area contributed by atoms with Crippen LogP contribution in [0.2, 0.25) is 0 Å². The Kier molecular flexibility index (Phi) is 3.79. The van der Waals surface area contributed by atoms with Crippen molar-refractivity contribution in [3.63, 3.8) is 0 Å². The van der Waals surface area contributed by atoms with Crippen LogP contribution in [0, 0.1) is 0 Å². The molecule has 1 aromatic rings. The van der Waals surface area contributed by atoms with Crippen molar-refractivity contribution < 1.29 is 15.0 Å². The van der Waals surface area contributed by atoms with E-state index in [-0.39, 0.29) is 18.3 Å². The smallest absolute Gasteiger partial charge is 0.115 e. The van der Waals surface area contributed by atoms with Gasteiger partial charge in [0.1, 0.15) is 5.75 Å². The van der Waals surface area contributed by atoms with Gasteiger partial charge >= 0.3 is 0 Å². The van der Waals surface area contributed by atoms with Crippen molar-refractivity contribution in [2.75, 3.05) is 0 Å². The zero-order chi connectivity index (χ0) is 8.27. The van der Waals surface area contributed by atoms with Gasteiger partial charge in [0.2, 0.25) is 0 Å². The number of carboxylic acid groups (broad SMARTS) is 1. The van der Waals surface area contributed by atoms with Crippen molar-refractivity contribution in [1.82, 2.24) is 6.15 Å². The van der Waals surface area contributed by atoms with Crippen molar-refractivity contribution in [3.05, 3.63) is 29.8 Å². The first-order valence-electron chi connectivity index (χ1n) is 3.16. The minimum absolute atomic E-state index is 0. The molecule has 0 saturated carbocycles. The third-order valence-corrected chi connectivity index (χ3v) is 1.28. The number of phenols is 1. The number of benzene rings is 1. The fourth-order valence-electron chi connectivity index (χ4n) is 0.780. The van der Waals surface area contributed by atoms with Gasteiger partial charge < -0.3 is 21.2 Å². The number of aromatic hydroxyl groups is 1. The first kappa shape index (κ1) is 10.4. The second-order valence-electron chi connectivity index (χ2n) is 2.22. The van der Waals surface area contributed by atoms with Crippen molar-refractivity contribution in [2.45, 2.75) is 6.42 Å². The molecule has 1 aromatic carbocycles. The van der Waals surface area contributed by atoms with Crippen LogP contribution in [-0.2, 0) is 11.2 Å². The first-order valence-corrected chi connectivity index (χ1v) is 3.16. The lowest BCUT2D eigenvalue weighted by Gasteiger charge is -2.01. The van der Waals surface area contributed by atoms with Crippen molar-refractivity contribution in [2.24, 2.45) is 0 Å². The molecule has 0 heterocycles. The maximum absolute atomic E-state index is 10.1. The second kappa shape index (κ2) is 4.35. The topological polar surface area (TPSA) is 96.9 Å². The Balaban J connectivity index is 0.00000121. The number of carbonyl (C=O) groups excluding carboxylic acids is 1. The van der Waals surface area contributed by atoms with Gasteiger partial charge in [0, 0.05) is 12.4 Å². The molecule has 0 aliphatic rings. The second-order valence-corrected chi connectivity index (χ2v) is 2.22. The number of quaternary nitrogens is 1. The first-order chi connectivity index (χ1) is 5.18. The molecule has 1 rings (SSSR count). The summed E-state index contributed by atoms with van der Waals surface area (Å²) in [5.41, 5.74) is 0.628. The summed E-state index contributed by atoms with van der Waals surface area (Å²) in [6.07, 6.45) is -0.111. The van der Waals surface area contributed by atoms with Gasteiger partial charge in [0.15, 0.2) is 0 Å². The van der Waals surface area contributed by atoms with Crippen LogP contribution in [0.1, 0.15) is 5.56 Å². The van der Waals surface area contributed by atoms with E-state index in [1.165, 1.54) is 12.1 Å². The molecular formula is C8H11NO3. The van der Waals surface area contributed by atoms with E-state index in [9.17, 15) is 9.90 Å². The van der Waals surface area contributed by atoms with Crippen LogP contribution in [0.4, 0.5) is 0 Å². The molecule has 0 unspecified atom stereocenters. The molecule has 0 fully saturated rings. The number of aliphatic carboxylic acids is 1. The van der Waals surface area contributed by atoms with Gasteiger partial charge in [-0.1, -0.05) is 12.1 Å². The van der Waals surface area contributed by atoms with Gasteiger partial charge in [-0.05, 0) is 17.7 Å². The Morgan fingerprint density at radius 2 is 1.83 bits per heavy atom. The van der Waals surface area contributed by atoms with Gasteiger partial charge in [-0.2, -0.15) is 0 Å². The monoisotopic (exact) mass is 169 g/mol. The zero-order valence-corrected chi connectivity index (χ0v) is 6.78. The highest BCUT2D eigenvalue weighted by Gasteiger charge is 1.92. The summed E-state index contributed by atoms with van der Waals surface area (Å²) in [7, 11) is 0. The summed E-state index contributed by atoms with van der Waals surface area (Å²) >= 11 is 0. The number of carbonyl (C=O) groups is 1. The van der Waals surface area contributed by atoms with Crippen molar-refractivity contribution in [1.29, 1.82) is 0 Å². The molecule has 0 saturated heterocycles. The minimum Gasteiger partial charge on any atom is -0.550 e. The summed E-state index contributed by atoms with van der Waals surface area (Å²) in [4.78, 5) is 10.1. The third kappa shape index (κ3) is 3.03. The molecule has 0 amide bonds. The van der Waals surface area contributed by atoms with Crippen LogP contribution in [0.5, 0.6) is 5.75 Å². The predicted octanol–water partition coefficient (Wildman–Crippen LogP) is 0.0608. The Morgan fingerprint density at radius 1 is 1.33 bits per heavy atom. The summed E-state index contributed by atoms with van der Waals surface area (Å²) in [5, 5.41) is 18.9. The maximum atomic E-state index is 10.1. The minimum atomic E-state index is -1.12. The molecule has 0 aliphatic heterocycles. The summed E-state index contributed by atoms with van der Waals surface area (Å²) < 4.78 is 0. The number of rotatable bonds is 2. The summed E-state index contributed by atoms with van der Waals surface area (Å²) in [6.45, 7) is 0. The summed E-state index contributed by atoms with van der Waals surface area (Å²) in [6, 6.07) is 5.98. The average Bonchev–Trinajstić information content (AvgIpc) is 1.93. The van der Waals surface area contributed by atoms with Crippen LogP contribution < -0.4 is 11.3 Å². The van der Waals surface area contributed by atoms with Gasteiger partial charge in [-0.3, -0.25) is 0 Å². The average molecular weight is 169 g/mol. The standard InChI is InChI=1S/C8H8O3.H3N/c9-7-3-1-6(2-4-7)5-8(10)11;/h1-4,9H,5H2,(H,10,11);1H3. The van der Waals surface area contributed by atoms with Crippen LogP contribution in [-0.4, -0.2) is 11.1 Å². The Bertz CT molecular complexity index is 256. The number of hydrogen-bond acceptors (Lipinski definition) is 3. The van der Waals surface area contributed by atoms with Gasteiger partial charge in [0.05, 0.1) is 0 Å². The van der Waals surface area contributed by atoms with E-state index in [0.717, 1.165) is 0 Å². The number of hydrogen-bond donors (Lipinski definition) is 2. The highest BCUT2D eigenvalue weighted by molar-refractivity contribution is 5.67. The lowest BCUT2D eigenvalue weighted by atomic mass is 10.1. The molecule has 0 bridgehead atoms. The zero-order valence-electron chi connectivity index (χ0n) is 6.78. The van der Waals surface area contributed by atoms with E-state index in [2.05, 4.69) is 0 Å². The molecule has 12 heavy (non-hydrogen) atoms. The lowest BCUT2D eigenvalue weighted by Crippen LogP contribution is -2.24. The van der Waals surface area contributed by atoms with Gasteiger partial charge in [-0.25, -0.2) is 0 Å². The largest absolute Gasteiger partial charge is 0.550 e. The molecule has 5 N–H and O–H groups in total. The fraction of sp³-hybridized carbons (Fsp3) is 0.125. The highest BCUT2D eigenvalue weighted by Crippen LogP contribution is 2.09. The van der Waals surface area contributed by atoms with Gasteiger partial charge in [-0.15, -0.1) is 0 Å². The molecule has 0 radical (unpaired) electrons. The summed E-state index contributed by atoms with van der Waals surface area (Å²) in [5.74, 6) is -0.984. The molecule has 0 atom stereocenters. The van der Waals surface area contributed by atoms with Crippen LogP contribution in [0.15, 0.2) is 24.3 Å². The molecule has 0 aromatic heterocycles.